The van der Waals surface area contributed by atoms with E-state index in [9.17, 15) is 19.2 Å². The molecule has 0 spiro atoms. The van der Waals surface area contributed by atoms with Gasteiger partial charge < -0.3 is 14.9 Å². The number of ether oxygens (including phenoxy) is 1. The van der Waals surface area contributed by atoms with Crippen LogP contribution in [-0.4, -0.2) is 61.6 Å². The van der Waals surface area contributed by atoms with E-state index in [0.717, 1.165) is 5.56 Å². The van der Waals surface area contributed by atoms with Crippen LogP contribution in [0.5, 0.6) is 0 Å². The zero-order valence-electron chi connectivity index (χ0n) is 15.1. The smallest absolute Gasteiger partial charge is 0.410 e. The van der Waals surface area contributed by atoms with Crippen LogP contribution in [-0.2, 0) is 15.5 Å². The molecule has 0 bridgehead atoms. The van der Waals surface area contributed by atoms with Gasteiger partial charge in [0.2, 0.25) is 0 Å². The summed E-state index contributed by atoms with van der Waals surface area (Å²) < 4.78 is 18.2. The van der Waals surface area contributed by atoms with E-state index in [4.69, 9.17) is 4.74 Å². The number of piperidine rings is 1. The van der Waals surface area contributed by atoms with Crippen LogP contribution in [0.25, 0.3) is 0 Å². The van der Waals surface area contributed by atoms with Crippen molar-refractivity contribution in [2.24, 2.45) is 0 Å². The van der Waals surface area contributed by atoms with Gasteiger partial charge in [0, 0.05) is 11.4 Å². The Hall–Kier alpha value is -1.44. The molecule has 25 heavy (non-hydrogen) atoms. The minimum Gasteiger partial charge on any atom is -0.444 e. The predicted molar refractivity (Wildman–Crippen MR) is 95.8 cm³/mol. The molecule has 1 aliphatic heterocycles. The molecule has 1 aromatic carbocycles. The maximum atomic E-state index is 12.9. The van der Waals surface area contributed by atoms with Gasteiger partial charge in [0.1, 0.15) is 5.60 Å². The lowest BCUT2D eigenvalue weighted by Crippen LogP contribution is -2.58. The van der Waals surface area contributed by atoms with E-state index in [1.165, 1.54) is 4.90 Å². The minimum atomic E-state index is -1.37. The number of aliphatic hydroxyl groups excluding tert-OH is 2. The standard InChI is InChI=1S/C18H27NO5S/c1-12-5-7-13(8-6-12)25(23)14-9-16(21)15(11-20)19(10-14)17(22)24-18(2,3)4/h5-8,14-16,20-21H,9-11H2,1-4H3/t14-,15+,16-,25+/m1/s1. The van der Waals surface area contributed by atoms with Gasteiger partial charge in [-0.3, -0.25) is 9.11 Å². The SMILES string of the molecule is Cc1ccc([S@](=O)[C@@H]2C[C@@H](O)[C@H](CO)N(C(=O)OC(C)(C)C)C2)cc1. The van der Waals surface area contributed by atoms with Crippen LogP contribution in [0.1, 0.15) is 32.8 Å². The molecule has 0 aliphatic carbocycles. The number of rotatable bonds is 3. The Labute approximate surface area is 151 Å². The summed E-state index contributed by atoms with van der Waals surface area (Å²) in [5.74, 6) is 0. The molecule has 140 valence electrons. The number of benzene rings is 1. The largest absolute Gasteiger partial charge is 0.444 e. The van der Waals surface area contributed by atoms with Crippen LogP contribution in [0, 0.1) is 6.92 Å². The second kappa shape index (κ2) is 7.85. The second-order valence-corrected chi connectivity index (χ2v) is 9.15. The van der Waals surface area contributed by atoms with Crippen LogP contribution in [0.3, 0.4) is 0 Å². The highest BCUT2D eigenvalue weighted by molar-refractivity contribution is 7.85. The Kier molecular flexibility index (Phi) is 6.24. The van der Waals surface area contributed by atoms with Gasteiger partial charge in [0.15, 0.2) is 0 Å². The summed E-state index contributed by atoms with van der Waals surface area (Å²) in [4.78, 5) is 14.4. The van der Waals surface area contributed by atoms with Gasteiger partial charge in [-0.05, 0) is 46.2 Å². The van der Waals surface area contributed by atoms with Crippen molar-refractivity contribution in [1.82, 2.24) is 4.90 Å². The first kappa shape index (κ1) is 19.9. The van der Waals surface area contributed by atoms with E-state index in [2.05, 4.69) is 0 Å². The average molecular weight is 369 g/mol. The van der Waals surface area contributed by atoms with Gasteiger partial charge in [-0.15, -0.1) is 0 Å². The first-order chi connectivity index (χ1) is 11.6. The summed E-state index contributed by atoms with van der Waals surface area (Å²) in [6, 6.07) is 6.62. The van der Waals surface area contributed by atoms with Crippen LogP contribution in [0.15, 0.2) is 29.2 Å². The average Bonchev–Trinajstić information content (AvgIpc) is 2.52. The fourth-order valence-corrected chi connectivity index (χ4v) is 4.29. The Bertz CT molecular complexity index is 625. The number of aryl methyl sites for hydroxylation is 1. The Balaban J connectivity index is 2.20. The first-order valence-electron chi connectivity index (χ1n) is 8.38. The molecular weight excluding hydrogens is 342 g/mol. The van der Waals surface area contributed by atoms with Crippen LogP contribution in [0.2, 0.25) is 0 Å². The fraction of sp³-hybridized carbons (Fsp3) is 0.611. The molecule has 2 N–H and O–H groups in total. The summed E-state index contributed by atoms with van der Waals surface area (Å²) in [5.41, 5.74) is 0.380. The molecule has 0 saturated carbocycles. The summed E-state index contributed by atoms with van der Waals surface area (Å²) in [6.45, 7) is 7.00. The quantitative estimate of drug-likeness (QED) is 0.849. The molecule has 1 aliphatic rings. The van der Waals surface area contributed by atoms with E-state index >= 15 is 0 Å². The van der Waals surface area contributed by atoms with Crippen molar-refractivity contribution in [3.05, 3.63) is 29.8 Å². The van der Waals surface area contributed by atoms with Gasteiger partial charge in [-0.25, -0.2) is 4.79 Å². The molecule has 2 rings (SSSR count). The van der Waals surface area contributed by atoms with Crippen LogP contribution < -0.4 is 0 Å². The molecule has 1 fully saturated rings. The number of aliphatic hydroxyl groups is 2. The number of hydrogen-bond acceptors (Lipinski definition) is 5. The predicted octanol–water partition coefficient (Wildman–Crippen LogP) is 1.83. The monoisotopic (exact) mass is 369 g/mol. The summed E-state index contributed by atoms with van der Waals surface area (Å²) in [5, 5.41) is 19.5. The fourth-order valence-electron chi connectivity index (χ4n) is 2.83. The van der Waals surface area contributed by atoms with Gasteiger partial charge >= 0.3 is 6.09 Å². The maximum Gasteiger partial charge on any atom is 0.410 e. The highest BCUT2D eigenvalue weighted by Gasteiger charge is 2.41. The number of carbonyl (C=O) groups is 1. The van der Waals surface area contributed by atoms with Crippen molar-refractivity contribution >= 4 is 16.9 Å². The van der Waals surface area contributed by atoms with Crippen molar-refractivity contribution in [2.75, 3.05) is 13.2 Å². The number of amides is 1. The topological polar surface area (TPSA) is 87.1 Å². The number of carbonyl (C=O) groups excluding carboxylic acids is 1. The normalized spacial score (nSPS) is 25.5. The Morgan fingerprint density at radius 3 is 2.44 bits per heavy atom. The van der Waals surface area contributed by atoms with Crippen molar-refractivity contribution in [3.63, 3.8) is 0 Å². The highest BCUT2D eigenvalue weighted by atomic mass is 32.2. The minimum absolute atomic E-state index is 0.164. The Morgan fingerprint density at radius 1 is 1.32 bits per heavy atom. The first-order valence-corrected chi connectivity index (χ1v) is 9.59. The second-order valence-electron chi connectivity index (χ2n) is 7.42. The van der Waals surface area contributed by atoms with Crippen molar-refractivity contribution < 1.29 is 24.0 Å². The third-order valence-corrected chi connectivity index (χ3v) is 5.80. The lowest BCUT2D eigenvalue weighted by Gasteiger charge is -2.41. The molecule has 1 amide bonds. The summed E-state index contributed by atoms with van der Waals surface area (Å²) in [7, 11) is -1.37. The maximum absolute atomic E-state index is 12.9. The molecule has 4 atom stereocenters. The van der Waals surface area contributed by atoms with E-state index in [1.54, 1.807) is 32.9 Å². The zero-order valence-corrected chi connectivity index (χ0v) is 16.0. The van der Waals surface area contributed by atoms with Gasteiger partial charge in [-0.1, -0.05) is 17.7 Å². The van der Waals surface area contributed by atoms with E-state index in [1.807, 2.05) is 19.1 Å². The molecule has 7 heteroatoms. The molecular formula is C18H27NO5S. The van der Waals surface area contributed by atoms with Crippen molar-refractivity contribution in [1.29, 1.82) is 0 Å². The summed E-state index contributed by atoms with van der Waals surface area (Å²) in [6.07, 6.45) is -1.31. The van der Waals surface area contributed by atoms with Crippen LogP contribution in [0.4, 0.5) is 4.79 Å². The number of nitrogens with zero attached hydrogens (tertiary/aromatic N) is 1. The third-order valence-electron chi connectivity index (χ3n) is 4.12. The van der Waals surface area contributed by atoms with E-state index in [-0.39, 0.29) is 19.6 Å². The lowest BCUT2D eigenvalue weighted by atomic mass is 9.99. The van der Waals surface area contributed by atoms with Crippen molar-refractivity contribution in [2.45, 2.75) is 62.0 Å². The van der Waals surface area contributed by atoms with E-state index < -0.39 is 39.9 Å². The molecule has 1 heterocycles. The Morgan fingerprint density at radius 2 is 1.92 bits per heavy atom. The molecule has 6 nitrogen and oxygen atoms in total. The van der Waals surface area contributed by atoms with Gasteiger partial charge in [0.05, 0.1) is 34.8 Å². The molecule has 0 aromatic heterocycles. The van der Waals surface area contributed by atoms with Crippen molar-refractivity contribution in [3.8, 4) is 0 Å². The van der Waals surface area contributed by atoms with Gasteiger partial charge in [-0.2, -0.15) is 0 Å². The van der Waals surface area contributed by atoms with E-state index in [0.29, 0.717) is 4.90 Å². The third kappa shape index (κ3) is 5.03. The zero-order chi connectivity index (χ0) is 18.8. The summed E-state index contributed by atoms with van der Waals surface area (Å²) >= 11 is 0. The highest BCUT2D eigenvalue weighted by Crippen LogP contribution is 2.26. The van der Waals surface area contributed by atoms with Crippen LogP contribution >= 0.6 is 0 Å². The lowest BCUT2D eigenvalue weighted by molar-refractivity contribution is -0.0358. The molecule has 1 aromatic rings. The number of hydrogen-bond donors (Lipinski definition) is 2. The molecule has 0 radical (unpaired) electrons. The van der Waals surface area contributed by atoms with Gasteiger partial charge in [0.25, 0.3) is 0 Å². The molecule has 0 unspecified atom stereocenters. The number of likely N-dealkylation sites (tertiary alicyclic amines) is 1. The molecule has 1 saturated heterocycles.